The molecule has 0 amide bonds. The fourth-order valence-corrected chi connectivity index (χ4v) is 3.40. The Bertz CT molecular complexity index is 370. The van der Waals surface area contributed by atoms with E-state index < -0.39 is 36.2 Å². The number of methoxy groups -OCH3 is 3. The van der Waals surface area contributed by atoms with Crippen molar-refractivity contribution in [2.45, 2.75) is 56.1 Å². The van der Waals surface area contributed by atoms with Crippen LogP contribution in [0.5, 0.6) is 0 Å². The van der Waals surface area contributed by atoms with Crippen molar-refractivity contribution in [3.63, 3.8) is 0 Å². The SMILES string of the molecule is COC1OC(CI)C2OC(C)(OC)C(C)(OC)OC2C1O. The number of ether oxygens (including phenoxy) is 6. The number of hydrogen-bond acceptors (Lipinski definition) is 7. The summed E-state index contributed by atoms with van der Waals surface area (Å²) in [5.74, 6) is -2.27. The van der Waals surface area contributed by atoms with Crippen LogP contribution in [0.15, 0.2) is 0 Å². The van der Waals surface area contributed by atoms with Gasteiger partial charge in [0.1, 0.15) is 18.3 Å². The molecule has 0 aliphatic carbocycles. The zero-order chi connectivity index (χ0) is 15.8. The topological polar surface area (TPSA) is 75.6 Å². The Balaban J connectivity index is 2.33. The third-order valence-corrected chi connectivity index (χ3v) is 5.19. The molecule has 2 heterocycles. The summed E-state index contributed by atoms with van der Waals surface area (Å²) in [7, 11) is 4.52. The summed E-state index contributed by atoms with van der Waals surface area (Å²) >= 11 is 2.20. The molecule has 1 N–H and O–H groups in total. The molecule has 8 heteroatoms. The van der Waals surface area contributed by atoms with E-state index in [1.807, 2.05) is 0 Å². The summed E-state index contributed by atoms with van der Waals surface area (Å²) in [6.07, 6.45) is -3.12. The fourth-order valence-electron chi connectivity index (χ4n) is 2.69. The quantitative estimate of drug-likeness (QED) is 0.531. The minimum absolute atomic E-state index is 0.278. The lowest BCUT2D eigenvalue weighted by atomic mass is 9.94. The van der Waals surface area contributed by atoms with Crippen molar-refractivity contribution in [1.29, 1.82) is 0 Å². The molecule has 0 aromatic carbocycles. The minimum Gasteiger partial charge on any atom is -0.385 e. The normalized spacial score (nSPS) is 50.7. The summed E-state index contributed by atoms with van der Waals surface area (Å²) in [5.41, 5.74) is 0. The first kappa shape index (κ1) is 17.8. The second-order valence-corrected chi connectivity index (χ2v) is 6.27. The van der Waals surface area contributed by atoms with E-state index in [2.05, 4.69) is 22.6 Å². The van der Waals surface area contributed by atoms with Crippen molar-refractivity contribution in [2.75, 3.05) is 25.8 Å². The van der Waals surface area contributed by atoms with E-state index in [0.717, 1.165) is 0 Å². The van der Waals surface area contributed by atoms with Gasteiger partial charge in [-0.3, -0.25) is 0 Å². The summed E-state index contributed by atoms with van der Waals surface area (Å²) in [5, 5.41) is 10.4. The number of halogens is 1. The van der Waals surface area contributed by atoms with Gasteiger partial charge in [-0.05, 0) is 13.8 Å². The average molecular weight is 418 g/mol. The number of fused-ring (bicyclic) bond motifs is 1. The Morgan fingerprint density at radius 1 is 1.05 bits per heavy atom. The highest BCUT2D eigenvalue weighted by Gasteiger charge is 2.62. The van der Waals surface area contributed by atoms with Gasteiger partial charge in [0.15, 0.2) is 6.29 Å². The second-order valence-electron chi connectivity index (χ2n) is 5.39. The van der Waals surface area contributed by atoms with Gasteiger partial charge < -0.3 is 33.5 Å². The van der Waals surface area contributed by atoms with E-state index in [4.69, 9.17) is 28.4 Å². The molecule has 0 aromatic heterocycles. The molecular formula is C13H23IO7. The van der Waals surface area contributed by atoms with Crippen molar-refractivity contribution < 1.29 is 33.5 Å². The van der Waals surface area contributed by atoms with Crippen LogP contribution in [0.25, 0.3) is 0 Å². The van der Waals surface area contributed by atoms with E-state index in [1.54, 1.807) is 13.8 Å². The number of aliphatic hydroxyl groups excluding tert-OH is 1. The lowest BCUT2D eigenvalue weighted by Crippen LogP contribution is -2.72. The molecule has 0 radical (unpaired) electrons. The maximum absolute atomic E-state index is 10.4. The zero-order valence-electron chi connectivity index (χ0n) is 12.9. The number of hydrogen-bond donors (Lipinski definition) is 1. The molecule has 2 aliphatic rings. The first-order valence-corrected chi connectivity index (χ1v) is 8.26. The van der Waals surface area contributed by atoms with Crippen LogP contribution in [0, 0.1) is 0 Å². The molecule has 2 rings (SSSR count). The highest BCUT2D eigenvalue weighted by atomic mass is 127. The predicted molar refractivity (Wildman–Crippen MR) is 81.1 cm³/mol. The van der Waals surface area contributed by atoms with Gasteiger partial charge in [0.25, 0.3) is 0 Å². The average Bonchev–Trinajstić information content (AvgIpc) is 2.50. The zero-order valence-corrected chi connectivity index (χ0v) is 15.0. The van der Waals surface area contributed by atoms with E-state index in [0.29, 0.717) is 4.43 Å². The molecule has 7 unspecified atom stereocenters. The number of aliphatic hydroxyl groups is 1. The molecule has 0 aromatic rings. The molecule has 0 spiro atoms. The first-order chi connectivity index (χ1) is 9.85. The molecule has 7 nitrogen and oxygen atoms in total. The summed E-state index contributed by atoms with van der Waals surface area (Å²) in [6.45, 7) is 3.46. The van der Waals surface area contributed by atoms with Crippen molar-refractivity contribution >= 4 is 22.6 Å². The van der Waals surface area contributed by atoms with Crippen molar-refractivity contribution in [3.05, 3.63) is 0 Å². The lowest BCUT2D eigenvalue weighted by Gasteiger charge is -2.56. The van der Waals surface area contributed by atoms with Crippen LogP contribution in [0.1, 0.15) is 13.8 Å². The van der Waals surface area contributed by atoms with E-state index in [9.17, 15) is 5.11 Å². The van der Waals surface area contributed by atoms with Crippen LogP contribution in [0.2, 0.25) is 0 Å². The lowest BCUT2D eigenvalue weighted by molar-refractivity contribution is -0.477. The van der Waals surface area contributed by atoms with Crippen LogP contribution in [-0.2, 0) is 28.4 Å². The van der Waals surface area contributed by atoms with Crippen LogP contribution in [0.4, 0.5) is 0 Å². The van der Waals surface area contributed by atoms with Crippen LogP contribution in [0.3, 0.4) is 0 Å². The highest BCUT2D eigenvalue weighted by Crippen LogP contribution is 2.43. The third-order valence-electron chi connectivity index (χ3n) is 4.32. The van der Waals surface area contributed by atoms with Gasteiger partial charge in [0.2, 0.25) is 11.6 Å². The van der Waals surface area contributed by atoms with Crippen LogP contribution < -0.4 is 0 Å². The molecule has 21 heavy (non-hydrogen) atoms. The summed E-state index contributed by atoms with van der Waals surface area (Å²) < 4.78 is 34.6. The molecular weight excluding hydrogens is 395 g/mol. The number of rotatable bonds is 4. The first-order valence-electron chi connectivity index (χ1n) is 6.74. The maximum atomic E-state index is 10.4. The van der Waals surface area contributed by atoms with Gasteiger partial charge in [-0.1, -0.05) is 22.6 Å². The van der Waals surface area contributed by atoms with Crippen LogP contribution >= 0.6 is 22.6 Å². The third kappa shape index (κ3) is 2.85. The second kappa shape index (κ2) is 6.52. The van der Waals surface area contributed by atoms with Crippen LogP contribution in [-0.4, -0.2) is 73.1 Å². The van der Waals surface area contributed by atoms with E-state index >= 15 is 0 Å². The molecule has 2 fully saturated rings. The van der Waals surface area contributed by atoms with Gasteiger partial charge in [0, 0.05) is 25.8 Å². The van der Waals surface area contributed by atoms with E-state index in [1.165, 1.54) is 21.3 Å². The predicted octanol–water partition coefficient (Wildman–Crippen LogP) is 0.663. The van der Waals surface area contributed by atoms with E-state index in [-0.39, 0.29) is 6.10 Å². The van der Waals surface area contributed by atoms with Gasteiger partial charge in [0.05, 0.1) is 6.10 Å². The number of alkyl halides is 1. The van der Waals surface area contributed by atoms with Crippen molar-refractivity contribution in [3.8, 4) is 0 Å². The largest absolute Gasteiger partial charge is 0.385 e. The van der Waals surface area contributed by atoms with Gasteiger partial charge in [-0.15, -0.1) is 0 Å². The van der Waals surface area contributed by atoms with Gasteiger partial charge >= 0.3 is 0 Å². The fraction of sp³-hybridized carbons (Fsp3) is 1.00. The molecule has 7 atom stereocenters. The molecule has 2 saturated heterocycles. The van der Waals surface area contributed by atoms with Gasteiger partial charge in [-0.2, -0.15) is 0 Å². The molecule has 124 valence electrons. The molecule has 2 aliphatic heterocycles. The Kier molecular flexibility index (Phi) is 5.52. The Hall–Kier alpha value is 0.450. The standard InChI is InChI=1S/C13H23IO7/c1-12(17-4)13(2,18-5)21-10-8(15)11(16-3)19-7(6-14)9(10)20-12/h7-11,15H,6H2,1-5H3. The monoisotopic (exact) mass is 418 g/mol. The van der Waals surface area contributed by atoms with Crippen molar-refractivity contribution in [2.24, 2.45) is 0 Å². The minimum atomic E-state index is -1.16. The Morgan fingerprint density at radius 3 is 2.00 bits per heavy atom. The summed E-state index contributed by atoms with van der Waals surface area (Å²) in [6, 6.07) is 0. The Labute approximate surface area is 138 Å². The van der Waals surface area contributed by atoms with Crippen molar-refractivity contribution in [1.82, 2.24) is 0 Å². The molecule has 0 saturated carbocycles. The smallest absolute Gasteiger partial charge is 0.220 e. The maximum Gasteiger partial charge on any atom is 0.220 e. The molecule has 0 bridgehead atoms. The Morgan fingerprint density at radius 2 is 1.57 bits per heavy atom. The highest BCUT2D eigenvalue weighted by molar-refractivity contribution is 14.1. The van der Waals surface area contributed by atoms with Gasteiger partial charge in [-0.25, -0.2) is 0 Å². The summed E-state index contributed by atoms with van der Waals surface area (Å²) in [4.78, 5) is 0.